The Bertz CT molecular complexity index is 598. The lowest BCUT2D eigenvalue weighted by atomic mass is 10.2. The Kier molecular flexibility index (Phi) is 5.44. The second kappa shape index (κ2) is 7.31. The lowest BCUT2D eigenvalue weighted by Gasteiger charge is -2.12. The molecule has 114 valence electrons. The highest BCUT2D eigenvalue weighted by atomic mass is 32.1. The van der Waals surface area contributed by atoms with Crippen LogP contribution < -0.4 is 15.8 Å². The summed E-state index contributed by atoms with van der Waals surface area (Å²) in [5.74, 6) is -0.176. The molecule has 0 spiro atoms. The molecule has 3 N–H and O–H groups in total. The number of hydrogen-bond acceptors (Lipinski definition) is 4. The van der Waals surface area contributed by atoms with E-state index >= 15 is 0 Å². The molecule has 3 nitrogen and oxygen atoms in total. The van der Waals surface area contributed by atoms with Gasteiger partial charge in [-0.2, -0.15) is 0 Å². The number of halogens is 1. The number of aryl methyl sites for hydroxylation is 1. The number of nitrogens with two attached hydrogens (primary N) is 1. The van der Waals surface area contributed by atoms with Gasteiger partial charge in [-0.15, -0.1) is 11.3 Å². The van der Waals surface area contributed by atoms with Gasteiger partial charge < -0.3 is 15.8 Å². The topological polar surface area (TPSA) is 47.3 Å². The van der Waals surface area contributed by atoms with Crippen LogP contribution in [0.25, 0.3) is 0 Å². The van der Waals surface area contributed by atoms with Crippen molar-refractivity contribution in [3.8, 4) is 5.75 Å². The fraction of sp³-hybridized carbons (Fsp3) is 0.375. The van der Waals surface area contributed by atoms with Gasteiger partial charge in [-0.1, -0.05) is 13.8 Å². The maximum atomic E-state index is 13.7. The number of benzene rings is 1. The average molecular weight is 308 g/mol. The van der Waals surface area contributed by atoms with Gasteiger partial charge in [-0.05, 0) is 25.0 Å². The van der Waals surface area contributed by atoms with Crippen LogP contribution in [0.4, 0.5) is 15.8 Å². The van der Waals surface area contributed by atoms with Crippen molar-refractivity contribution in [3.63, 3.8) is 0 Å². The molecule has 0 aliphatic rings. The van der Waals surface area contributed by atoms with Crippen LogP contribution in [0.1, 0.15) is 30.0 Å². The summed E-state index contributed by atoms with van der Waals surface area (Å²) in [5, 5.41) is 3.25. The molecule has 0 amide bonds. The molecule has 2 aromatic rings. The number of thiophene rings is 1. The molecule has 1 heterocycles. The highest BCUT2D eigenvalue weighted by Gasteiger charge is 2.09. The van der Waals surface area contributed by atoms with Crippen molar-refractivity contribution in [2.75, 3.05) is 17.7 Å². The molecule has 0 unspecified atom stereocenters. The first-order chi connectivity index (χ1) is 10.1. The number of anilines is 2. The van der Waals surface area contributed by atoms with Gasteiger partial charge >= 0.3 is 0 Å². The van der Waals surface area contributed by atoms with E-state index < -0.39 is 5.82 Å². The predicted molar refractivity (Wildman–Crippen MR) is 87.6 cm³/mol. The van der Waals surface area contributed by atoms with Crippen LogP contribution in [0.2, 0.25) is 0 Å². The van der Waals surface area contributed by atoms with Gasteiger partial charge in [0, 0.05) is 28.4 Å². The largest absolute Gasteiger partial charge is 0.490 e. The van der Waals surface area contributed by atoms with Crippen molar-refractivity contribution >= 4 is 22.7 Å². The zero-order chi connectivity index (χ0) is 15.2. The Morgan fingerprint density at radius 2 is 2.00 bits per heavy atom. The normalized spacial score (nSPS) is 10.6. The average Bonchev–Trinajstić information content (AvgIpc) is 2.93. The summed E-state index contributed by atoms with van der Waals surface area (Å²) in [6.45, 7) is 5.29. The Hall–Kier alpha value is -1.75. The third-order valence-electron chi connectivity index (χ3n) is 3.08. The summed E-state index contributed by atoms with van der Waals surface area (Å²) >= 11 is 1.77. The molecular weight excluding hydrogens is 287 g/mol. The minimum absolute atomic E-state index is 0.244. The highest BCUT2D eigenvalue weighted by molar-refractivity contribution is 7.12. The molecule has 0 aliphatic heterocycles. The lowest BCUT2D eigenvalue weighted by Crippen LogP contribution is -2.04. The molecule has 0 fully saturated rings. The zero-order valence-corrected chi connectivity index (χ0v) is 13.2. The Morgan fingerprint density at radius 3 is 2.67 bits per heavy atom. The Balaban J connectivity index is 2.07. The molecule has 0 saturated carbocycles. The summed E-state index contributed by atoms with van der Waals surface area (Å²) < 4.78 is 19.1. The predicted octanol–water partition coefficient (Wildman–Crippen LogP) is 4.43. The van der Waals surface area contributed by atoms with E-state index in [1.807, 2.05) is 6.92 Å². The van der Waals surface area contributed by atoms with Gasteiger partial charge in [-0.3, -0.25) is 0 Å². The SMILES string of the molecule is CCCOc1cc(NCc2ccc(CC)s2)c(N)cc1F. The fourth-order valence-corrected chi connectivity index (χ4v) is 2.83. The molecular formula is C16H21FN2OS. The first kappa shape index (κ1) is 15.6. The van der Waals surface area contributed by atoms with E-state index in [4.69, 9.17) is 10.5 Å². The summed E-state index contributed by atoms with van der Waals surface area (Å²) in [7, 11) is 0. The minimum Gasteiger partial charge on any atom is -0.490 e. The van der Waals surface area contributed by atoms with Crippen LogP contribution >= 0.6 is 11.3 Å². The first-order valence-corrected chi connectivity index (χ1v) is 7.99. The van der Waals surface area contributed by atoms with E-state index in [0.29, 0.717) is 24.5 Å². The minimum atomic E-state index is -0.420. The van der Waals surface area contributed by atoms with Crippen molar-refractivity contribution in [1.29, 1.82) is 0 Å². The van der Waals surface area contributed by atoms with Crippen LogP contribution in [-0.2, 0) is 13.0 Å². The number of ether oxygens (including phenoxy) is 1. The fourth-order valence-electron chi connectivity index (χ4n) is 1.93. The monoisotopic (exact) mass is 308 g/mol. The molecule has 1 aromatic heterocycles. The third-order valence-corrected chi connectivity index (χ3v) is 4.31. The van der Waals surface area contributed by atoms with Crippen molar-refractivity contribution in [2.45, 2.75) is 33.2 Å². The molecule has 0 radical (unpaired) electrons. The third kappa shape index (κ3) is 4.11. The van der Waals surface area contributed by atoms with E-state index in [2.05, 4.69) is 24.4 Å². The van der Waals surface area contributed by atoms with Crippen LogP contribution in [0.3, 0.4) is 0 Å². The van der Waals surface area contributed by atoms with Crippen LogP contribution in [0.15, 0.2) is 24.3 Å². The van der Waals surface area contributed by atoms with E-state index in [1.165, 1.54) is 15.8 Å². The molecule has 1 aromatic carbocycles. The summed E-state index contributed by atoms with van der Waals surface area (Å²) in [5.41, 5.74) is 6.95. The quantitative estimate of drug-likeness (QED) is 0.744. The van der Waals surface area contributed by atoms with Crippen molar-refractivity contribution < 1.29 is 9.13 Å². The van der Waals surface area contributed by atoms with Gasteiger partial charge in [0.25, 0.3) is 0 Å². The number of hydrogen-bond donors (Lipinski definition) is 2. The van der Waals surface area contributed by atoms with E-state index in [-0.39, 0.29) is 5.75 Å². The maximum Gasteiger partial charge on any atom is 0.167 e. The Morgan fingerprint density at radius 1 is 1.24 bits per heavy atom. The molecule has 21 heavy (non-hydrogen) atoms. The van der Waals surface area contributed by atoms with Crippen LogP contribution in [0, 0.1) is 5.82 Å². The molecule has 0 saturated heterocycles. The van der Waals surface area contributed by atoms with Gasteiger partial charge in [0.15, 0.2) is 11.6 Å². The Labute approximate surface area is 128 Å². The van der Waals surface area contributed by atoms with Gasteiger partial charge in [-0.25, -0.2) is 4.39 Å². The van der Waals surface area contributed by atoms with Crippen molar-refractivity contribution in [1.82, 2.24) is 0 Å². The molecule has 0 atom stereocenters. The second-order valence-electron chi connectivity index (χ2n) is 4.79. The first-order valence-electron chi connectivity index (χ1n) is 7.17. The molecule has 2 rings (SSSR count). The number of rotatable bonds is 7. The number of nitrogens with one attached hydrogen (secondary N) is 1. The van der Waals surface area contributed by atoms with Gasteiger partial charge in [0.1, 0.15) is 0 Å². The number of nitrogen functional groups attached to an aromatic ring is 1. The van der Waals surface area contributed by atoms with Crippen LogP contribution in [0.5, 0.6) is 5.75 Å². The van der Waals surface area contributed by atoms with Crippen molar-refractivity contribution in [2.24, 2.45) is 0 Å². The van der Waals surface area contributed by atoms with Gasteiger partial charge in [0.05, 0.1) is 18.0 Å². The molecule has 0 bridgehead atoms. The van der Waals surface area contributed by atoms with Crippen molar-refractivity contribution in [3.05, 3.63) is 39.8 Å². The second-order valence-corrected chi connectivity index (χ2v) is 6.05. The lowest BCUT2D eigenvalue weighted by molar-refractivity contribution is 0.301. The summed E-state index contributed by atoms with van der Waals surface area (Å²) in [6, 6.07) is 7.17. The summed E-state index contributed by atoms with van der Waals surface area (Å²) in [4.78, 5) is 2.58. The standard InChI is InChI=1S/C16H21FN2OS/c1-3-7-20-16-9-15(14(18)8-13(16)17)19-10-12-6-5-11(4-2)21-12/h5-6,8-9,19H,3-4,7,10,18H2,1-2H3. The van der Waals surface area contributed by atoms with Crippen LogP contribution in [-0.4, -0.2) is 6.61 Å². The molecule has 0 aliphatic carbocycles. The van der Waals surface area contributed by atoms with E-state index in [1.54, 1.807) is 17.4 Å². The molecule has 5 heteroatoms. The highest BCUT2D eigenvalue weighted by Crippen LogP contribution is 2.29. The van der Waals surface area contributed by atoms with Gasteiger partial charge in [0.2, 0.25) is 0 Å². The van der Waals surface area contributed by atoms with E-state index in [9.17, 15) is 4.39 Å². The van der Waals surface area contributed by atoms with E-state index in [0.717, 1.165) is 12.8 Å². The smallest absolute Gasteiger partial charge is 0.167 e. The maximum absolute atomic E-state index is 13.7. The zero-order valence-electron chi connectivity index (χ0n) is 12.4. The summed E-state index contributed by atoms with van der Waals surface area (Å²) in [6.07, 6.45) is 1.87.